The summed E-state index contributed by atoms with van der Waals surface area (Å²) in [5.41, 5.74) is 2.11. The second-order valence-corrected chi connectivity index (χ2v) is 7.98. The Hall–Kier alpha value is -2.73. The Morgan fingerprint density at radius 1 is 1.13 bits per heavy atom. The maximum Gasteiger partial charge on any atom is 0.255 e. The predicted octanol–water partition coefficient (Wildman–Crippen LogP) is 4.94. The SMILES string of the molecule is CCCOc1c(Cl)cc(C(=O)Nc2ccc(CCC(=O)N3CCCC3)cc2)cc1OC. The zero-order valence-electron chi connectivity index (χ0n) is 18.1. The number of anilines is 1. The van der Waals surface area contributed by atoms with Crippen molar-refractivity contribution in [2.75, 3.05) is 32.1 Å². The first kappa shape index (κ1) is 22.9. The Kier molecular flexibility index (Phi) is 8.18. The van der Waals surface area contributed by atoms with Gasteiger partial charge < -0.3 is 19.7 Å². The van der Waals surface area contributed by atoms with E-state index in [1.807, 2.05) is 36.1 Å². The number of rotatable bonds is 9. The normalized spacial score (nSPS) is 13.2. The summed E-state index contributed by atoms with van der Waals surface area (Å²) >= 11 is 6.31. The third kappa shape index (κ3) is 6.14. The number of ether oxygens (including phenoxy) is 2. The number of amides is 2. The van der Waals surface area contributed by atoms with Gasteiger partial charge in [0.1, 0.15) is 0 Å². The van der Waals surface area contributed by atoms with Gasteiger partial charge in [-0.05, 0) is 55.5 Å². The Balaban J connectivity index is 1.60. The molecule has 2 aromatic rings. The molecule has 0 atom stereocenters. The molecule has 2 aromatic carbocycles. The molecule has 1 heterocycles. The van der Waals surface area contributed by atoms with Crippen molar-refractivity contribution in [2.24, 2.45) is 0 Å². The highest BCUT2D eigenvalue weighted by atomic mass is 35.5. The number of benzene rings is 2. The third-order valence-electron chi connectivity index (χ3n) is 5.24. The third-order valence-corrected chi connectivity index (χ3v) is 5.52. The van der Waals surface area contributed by atoms with Crippen LogP contribution in [-0.2, 0) is 11.2 Å². The van der Waals surface area contributed by atoms with Crippen LogP contribution < -0.4 is 14.8 Å². The van der Waals surface area contributed by atoms with Crippen molar-refractivity contribution >= 4 is 29.1 Å². The Morgan fingerprint density at radius 2 is 1.84 bits per heavy atom. The number of aryl methyl sites for hydroxylation is 1. The van der Waals surface area contributed by atoms with Crippen LogP contribution >= 0.6 is 11.6 Å². The lowest BCUT2D eigenvalue weighted by atomic mass is 10.1. The highest BCUT2D eigenvalue weighted by Gasteiger charge is 2.18. The van der Waals surface area contributed by atoms with Crippen LogP contribution in [0.3, 0.4) is 0 Å². The molecule has 31 heavy (non-hydrogen) atoms. The van der Waals surface area contributed by atoms with E-state index < -0.39 is 0 Å². The molecule has 6 nitrogen and oxygen atoms in total. The number of likely N-dealkylation sites (tertiary alicyclic amines) is 1. The topological polar surface area (TPSA) is 67.9 Å². The summed E-state index contributed by atoms with van der Waals surface area (Å²) in [5.74, 6) is 0.783. The summed E-state index contributed by atoms with van der Waals surface area (Å²) in [6, 6.07) is 10.7. The summed E-state index contributed by atoms with van der Waals surface area (Å²) in [4.78, 5) is 26.8. The maximum atomic E-state index is 12.7. The van der Waals surface area contributed by atoms with E-state index in [-0.39, 0.29) is 11.8 Å². The summed E-state index contributed by atoms with van der Waals surface area (Å²) in [5, 5.41) is 3.20. The number of carbonyl (C=O) groups is 2. The number of methoxy groups -OCH3 is 1. The number of nitrogens with one attached hydrogen (secondary N) is 1. The molecule has 0 aliphatic carbocycles. The smallest absolute Gasteiger partial charge is 0.255 e. The van der Waals surface area contributed by atoms with Crippen molar-refractivity contribution in [3.05, 3.63) is 52.5 Å². The van der Waals surface area contributed by atoms with Crippen molar-refractivity contribution in [1.82, 2.24) is 4.90 Å². The molecular formula is C24H29ClN2O4. The van der Waals surface area contributed by atoms with Crippen LogP contribution in [0, 0.1) is 0 Å². The van der Waals surface area contributed by atoms with E-state index in [0.29, 0.717) is 47.2 Å². The quantitative estimate of drug-likeness (QED) is 0.594. The molecule has 166 valence electrons. The van der Waals surface area contributed by atoms with Crippen molar-refractivity contribution in [3.63, 3.8) is 0 Å². The first-order valence-electron chi connectivity index (χ1n) is 10.7. The molecular weight excluding hydrogens is 416 g/mol. The first-order chi connectivity index (χ1) is 15.0. The molecule has 2 amide bonds. The highest BCUT2D eigenvalue weighted by Crippen LogP contribution is 2.36. The molecule has 0 radical (unpaired) electrons. The van der Waals surface area contributed by atoms with Crippen LogP contribution in [0.5, 0.6) is 11.5 Å². The second kappa shape index (κ2) is 11.0. The number of hydrogen-bond acceptors (Lipinski definition) is 4. The van der Waals surface area contributed by atoms with Gasteiger partial charge in [-0.25, -0.2) is 0 Å². The van der Waals surface area contributed by atoms with Gasteiger partial charge in [0.05, 0.1) is 18.7 Å². The zero-order chi connectivity index (χ0) is 22.2. The minimum Gasteiger partial charge on any atom is -0.493 e. The molecule has 0 spiro atoms. The summed E-state index contributed by atoms with van der Waals surface area (Å²) < 4.78 is 11.0. The van der Waals surface area contributed by atoms with Gasteiger partial charge in [-0.2, -0.15) is 0 Å². The molecule has 1 aliphatic heterocycles. The van der Waals surface area contributed by atoms with E-state index in [1.54, 1.807) is 12.1 Å². The molecule has 3 rings (SSSR count). The molecule has 0 bridgehead atoms. The Morgan fingerprint density at radius 3 is 2.48 bits per heavy atom. The zero-order valence-corrected chi connectivity index (χ0v) is 18.8. The van der Waals surface area contributed by atoms with Crippen molar-refractivity contribution in [1.29, 1.82) is 0 Å². The van der Waals surface area contributed by atoms with Gasteiger partial charge >= 0.3 is 0 Å². The molecule has 1 N–H and O–H groups in total. The minimum absolute atomic E-state index is 0.215. The molecule has 1 saturated heterocycles. The van der Waals surface area contributed by atoms with Crippen LogP contribution in [0.4, 0.5) is 5.69 Å². The molecule has 7 heteroatoms. The van der Waals surface area contributed by atoms with E-state index >= 15 is 0 Å². The summed E-state index contributed by atoms with van der Waals surface area (Å²) in [7, 11) is 1.51. The monoisotopic (exact) mass is 444 g/mol. The van der Waals surface area contributed by atoms with E-state index in [1.165, 1.54) is 7.11 Å². The first-order valence-corrected chi connectivity index (χ1v) is 11.1. The average molecular weight is 445 g/mol. The fraction of sp³-hybridized carbons (Fsp3) is 0.417. The van der Waals surface area contributed by atoms with E-state index in [9.17, 15) is 9.59 Å². The fourth-order valence-electron chi connectivity index (χ4n) is 3.53. The van der Waals surface area contributed by atoms with Crippen molar-refractivity contribution < 1.29 is 19.1 Å². The van der Waals surface area contributed by atoms with Gasteiger partial charge in [-0.15, -0.1) is 0 Å². The lowest BCUT2D eigenvalue weighted by molar-refractivity contribution is -0.130. The largest absolute Gasteiger partial charge is 0.493 e. The molecule has 0 unspecified atom stereocenters. The molecule has 0 aromatic heterocycles. The average Bonchev–Trinajstić information content (AvgIpc) is 3.32. The molecule has 1 aliphatic rings. The predicted molar refractivity (Wildman–Crippen MR) is 122 cm³/mol. The van der Waals surface area contributed by atoms with E-state index in [4.69, 9.17) is 21.1 Å². The number of carbonyl (C=O) groups excluding carboxylic acids is 2. The van der Waals surface area contributed by atoms with Crippen LogP contribution in [0.15, 0.2) is 36.4 Å². The van der Waals surface area contributed by atoms with Crippen LogP contribution in [-0.4, -0.2) is 43.5 Å². The van der Waals surface area contributed by atoms with Crippen molar-refractivity contribution in [3.8, 4) is 11.5 Å². The van der Waals surface area contributed by atoms with Gasteiger partial charge in [-0.3, -0.25) is 9.59 Å². The van der Waals surface area contributed by atoms with Gasteiger partial charge in [0.25, 0.3) is 5.91 Å². The minimum atomic E-state index is -0.292. The maximum absolute atomic E-state index is 12.7. The van der Waals surface area contributed by atoms with E-state index in [2.05, 4.69) is 5.32 Å². The molecule has 1 fully saturated rings. The van der Waals surface area contributed by atoms with E-state index in [0.717, 1.165) is 37.9 Å². The van der Waals surface area contributed by atoms with Gasteiger partial charge in [0.2, 0.25) is 5.91 Å². The lowest BCUT2D eigenvalue weighted by Crippen LogP contribution is -2.27. The summed E-state index contributed by atoms with van der Waals surface area (Å²) in [6.45, 7) is 4.27. The Bertz CT molecular complexity index is 909. The number of nitrogens with zero attached hydrogens (tertiary/aromatic N) is 1. The van der Waals surface area contributed by atoms with Crippen LogP contribution in [0.1, 0.15) is 48.5 Å². The van der Waals surface area contributed by atoms with Gasteiger partial charge in [-0.1, -0.05) is 30.7 Å². The van der Waals surface area contributed by atoms with Crippen molar-refractivity contribution in [2.45, 2.75) is 39.0 Å². The summed E-state index contributed by atoms with van der Waals surface area (Å²) in [6.07, 6.45) is 4.24. The number of halogens is 1. The second-order valence-electron chi connectivity index (χ2n) is 7.58. The standard InChI is InChI=1S/C24H29ClN2O4/c1-3-14-31-23-20(25)15-18(16-21(23)30-2)24(29)26-19-9-6-17(7-10-19)8-11-22(28)27-12-4-5-13-27/h6-7,9-10,15-16H,3-5,8,11-14H2,1-2H3,(H,26,29). The van der Waals surface area contributed by atoms with Crippen LogP contribution in [0.25, 0.3) is 0 Å². The van der Waals surface area contributed by atoms with Crippen LogP contribution in [0.2, 0.25) is 5.02 Å². The molecule has 0 saturated carbocycles. The highest BCUT2D eigenvalue weighted by molar-refractivity contribution is 6.32. The van der Waals surface area contributed by atoms with Gasteiger partial charge in [0.15, 0.2) is 11.5 Å². The van der Waals surface area contributed by atoms with Gasteiger partial charge in [0, 0.05) is 30.8 Å². The lowest BCUT2D eigenvalue weighted by Gasteiger charge is -2.15. The fourth-order valence-corrected chi connectivity index (χ4v) is 3.79. The number of hydrogen-bond donors (Lipinski definition) is 1. The Labute approximate surface area is 188 Å².